The maximum Gasteiger partial charge on any atom is 0.156 e. The average Bonchev–Trinajstić information content (AvgIpc) is 2.78. The summed E-state index contributed by atoms with van der Waals surface area (Å²) in [7, 11) is 0. The van der Waals surface area contributed by atoms with Crippen LogP contribution in [0.2, 0.25) is 0 Å². The molecule has 2 nitrogen and oxygen atoms in total. The molecule has 0 bridgehead atoms. The van der Waals surface area contributed by atoms with E-state index in [1.165, 1.54) is 12.0 Å². The van der Waals surface area contributed by atoms with Crippen LogP contribution in [0.1, 0.15) is 18.9 Å². The summed E-state index contributed by atoms with van der Waals surface area (Å²) in [5.41, 5.74) is 1.38. The normalized spacial score (nSPS) is 19.6. The average molecular weight is 234 g/mol. The Bertz CT molecular complexity index is 348. The molecule has 1 atom stereocenters. The summed E-state index contributed by atoms with van der Waals surface area (Å²) in [6, 6.07) is 10.6. The number of hydrogen-bond acceptors (Lipinski definition) is 3. The molecule has 1 N–H and O–H groups in total. The summed E-state index contributed by atoms with van der Waals surface area (Å²) in [5, 5.41) is 5.23. The van der Waals surface area contributed by atoms with Gasteiger partial charge in [-0.15, -0.1) is 0 Å². The molecule has 2 rings (SSSR count). The second kappa shape index (κ2) is 5.94. The molecule has 3 heteroatoms. The third-order valence-electron chi connectivity index (χ3n) is 2.70. The van der Waals surface area contributed by atoms with Crippen LogP contribution in [0.4, 0.5) is 0 Å². The van der Waals surface area contributed by atoms with Gasteiger partial charge in [0.25, 0.3) is 0 Å². The van der Waals surface area contributed by atoms with Crippen molar-refractivity contribution in [3.8, 4) is 0 Å². The number of thioether (sulfide) groups is 1. The molecule has 0 saturated carbocycles. The minimum Gasteiger partial charge on any atom is -0.365 e. The van der Waals surface area contributed by atoms with Crippen molar-refractivity contribution in [3.05, 3.63) is 35.9 Å². The van der Waals surface area contributed by atoms with E-state index in [2.05, 4.69) is 47.6 Å². The van der Waals surface area contributed by atoms with Crippen LogP contribution in [0, 0.1) is 0 Å². The number of amidine groups is 1. The first-order valence-corrected chi connectivity index (χ1v) is 6.75. The Labute approximate surface area is 102 Å². The number of rotatable bonds is 4. The largest absolute Gasteiger partial charge is 0.365 e. The van der Waals surface area contributed by atoms with Crippen LogP contribution in [-0.4, -0.2) is 23.5 Å². The topological polar surface area (TPSA) is 24.4 Å². The summed E-state index contributed by atoms with van der Waals surface area (Å²) < 4.78 is 0. The van der Waals surface area contributed by atoms with E-state index in [9.17, 15) is 0 Å². The number of benzene rings is 1. The molecule has 1 aromatic rings. The number of hydrogen-bond donors (Lipinski definition) is 1. The van der Waals surface area contributed by atoms with E-state index < -0.39 is 0 Å². The zero-order chi connectivity index (χ0) is 11.2. The van der Waals surface area contributed by atoms with Crippen LogP contribution >= 0.6 is 11.8 Å². The first kappa shape index (κ1) is 11.5. The van der Waals surface area contributed by atoms with E-state index in [-0.39, 0.29) is 0 Å². The maximum absolute atomic E-state index is 4.49. The fourth-order valence-corrected chi connectivity index (χ4v) is 2.65. The Morgan fingerprint density at radius 3 is 2.88 bits per heavy atom. The lowest BCUT2D eigenvalue weighted by Gasteiger charge is -2.06. The third kappa shape index (κ3) is 3.27. The maximum atomic E-state index is 4.49. The van der Waals surface area contributed by atoms with Gasteiger partial charge in [0.15, 0.2) is 5.17 Å². The molecule has 1 aliphatic rings. The van der Waals surface area contributed by atoms with Crippen LogP contribution in [0.5, 0.6) is 0 Å². The lowest BCUT2D eigenvalue weighted by molar-refractivity contribution is 0.836. The van der Waals surface area contributed by atoms with Gasteiger partial charge in [0.2, 0.25) is 0 Å². The number of aliphatic imine (C=N–C) groups is 1. The zero-order valence-corrected chi connectivity index (χ0v) is 10.5. The molecule has 86 valence electrons. The summed E-state index contributed by atoms with van der Waals surface area (Å²) in [4.78, 5) is 4.49. The second-order valence-corrected chi connectivity index (χ2v) is 5.25. The van der Waals surface area contributed by atoms with Crippen LogP contribution in [-0.2, 0) is 6.42 Å². The highest BCUT2D eigenvalue weighted by atomic mass is 32.2. The Morgan fingerprint density at radius 2 is 2.19 bits per heavy atom. The van der Waals surface area contributed by atoms with Gasteiger partial charge in [-0.2, -0.15) is 0 Å². The predicted molar refractivity (Wildman–Crippen MR) is 72.1 cm³/mol. The monoisotopic (exact) mass is 234 g/mol. The van der Waals surface area contributed by atoms with Crippen molar-refractivity contribution in [2.45, 2.75) is 25.0 Å². The molecule has 1 aliphatic heterocycles. The van der Waals surface area contributed by atoms with Crippen molar-refractivity contribution in [2.24, 2.45) is 4.99 Å². The van der Waals surface area contributed by atoms with Gasteiger partial charge < -0.3 is 5.32 Å². The molecule has 16 heavy (non-hydrogen) atoms. The van der Waals surface area contributed by atoms with E-state index in [0.29, 0.717) is 5.25 Å². The van der Waals surface area contributed by atoms with Crippen molar-refractivity contribution < 1.29 is 0 Å². The molecular weight excluding hydrogens is 216 g/mol. The summed E-state index contributed by atoms with van der Waals surface area (Å²) in [6.45, 7) is 4.18. The standard InChI is InChI=1S/C13H18N2S/c1-2-12-10-15-13(16-12)14-9-8-11-6-4-3-5-7-11/h3-7,12H,2,8-10H2,1H3,(H,14,15). The fourth-order valence-electron chi connectivity index (χ4n) is 1.69. The minimum absolute atomic E-state index is 0.694. The quantitative estimate of drug-likeness (QED) is 0.866. The molecule has 1 aromatic carbocycles. The van der Waals surface area contributed by atoms with E-state index in [1.54, 1.807) is 0 Å². The van der Waals surface area contributed by atoms with E-state index in [4.69, 9.17) is 0 Å². The molecule has 1 heterocycles. The van der Waals surface area contributed by atoms with Gasteiger partial charge in [-0.05, 0) is 18.4 Å². The van der Waals surface area contributed by atoms with Gasteiger partial charge >= 0.3 is 0 Å². The van der Waals surface area contributed by atoms with Gasteiger partial charge in [-0.3, -0.25) is 4.99 Å². The molecule has 1 unspecified atom stereocenters. The van der Waals surface area contributed by atoms with E-state index >= 15 is 0 Å². The fraction of sp³-hybridized carbons (Fsp3) is 0.462. The molecule has 0 fully saturated rings. The highest BCUT2D eigenvalue weighted by Gasteiger charge is 2.16. The van der Waals surface area contributed by atoms with Gasteiger partial charge in [0.1, 0.15) is 0 Å². The van der Waals surface area contributed by atoms with Crippen LogP contribution < -0.4 is 5.32 Å². The summed E-state index contributed by atoms with van der Waals surface area (Å²) in [6.07, 6.45) is 2.27. The van der Waals surface area contributed by atoms with Crippen LogP contribution in [0.15, 0.2) is 35.3 Å². The van der Waals surface area contributed by atoms with Crippen molar-refractivity contribution >= 4 is 16.9 Å². The van der Waals surface area contributed by atoms with Gasteiger partial charge in [-0.25, -0.2) is 0 Å². The van der Waals surface area contributed by atoms with E-state index in [0.717, 1.165) is 24.7 Å². The molecule has 0 radical (unpaired) electrons. The van der Waals surface area contributed by atoms with Crippen molar-refractivity contribution in [2.75, 3.05) is 13.1 Å². The van der Waals surface area contributed by atoms with Crippen LogP contribution in [0.3, 0.4) is 0 Å². The van der Waals surface area contributed by atoms with Crippen molar-refractivity contribution in [3.63, 3.8) is 0 Å². The third-order valence-corrected chi connectivity index (χ3v) is 4.02. The van der Waals surface area contributed by atoms with Crippen molar-refractivity contribution in [1.82, 2.24) is 5.32 Å². The van der Waals surface area contributed by atoms with Gasteiger partial charge in [0, 0.05) is 11.8 Å². The molecular formula is C13H18N2S. The Balaban J connectivity index is 1.69. The smallest absolute Gasteiger partial charge is 0.156 e. The Kier molecular flexibility index (Phi) is 4.28. The van der Waals surface area contributed by atoms with Gasteiger partial charge in [-0.1, -0.05) is 49.0 Å². The Morgan fingerprint density at radius 1 is 1.38 bits per heavy atom. The minimum atomic E-state index is 0.694. The molecule has 0 aromatic heterocycles. The zero-order valence-electron chi connectivity index (χ0n) is 9.65. The molecule has 0 aliphatic carbocycles. The summed E-state index contributed by atoms with van der Waals surface area (Å²) in [5.74, 6) is 0. The highest BCUT2D eigenvalue weighted by Crippen LogP contribution is 2.21. The predicted octanol–water partition coefficient (Wildman–Crippen LogP) is 2.70. The Hall–Kier alpha value is -0.960. The second-order valence-electron chi connectivity index (χ2n) is 3.96. The molecule has 0 spiro atoms. The van der Waals surface area contributed by atoms with E-state index in [1.807, 2.05) is 11.8 Å². The molecule has 0 amide bonds. The van der Waals surface area contributed by atoms with Crippen molar-refractivity contribution in [1.29, 1.82) is 0 Å². The number of nitrogens with one attached hydrogen (secondary N) is 1. The lowest BCUT2D eigenvalue weighted by atomic mass is 10.2. The van der Waals surface area contributed by atoms with Crippen LogP contribution in [0.25, 0.3) is 0 Å². The summed E-state index contributed by atoms with van der Waals surface area (Å²) >= 11 is 1.88. The lowest BCUT2D eigenvalue weighted by Crippen LogP contribution is -2.22. The first-order valence-electron chi connectivity index (χ1n) is 5.87. The first-order chi connectivity index (χ1) is 7.88. The number of nitrogens with zero attached hydrogens (tertiary/aromatic N) is 1. The SMILES string of the molecule is CCC1CN=C(NCCc2ccccc2)S1. The molecule has 0 saturated heterocycles. The van der Waals surface area contributed by atoms with Gasteiger partial charge in [0.05, 0.1) is 6.54 Å². The highest BCUT2D eigenvalue weighted by molar-refractivity contribution is 8.14.